The van der Waals surface area contributed by atoms with Crippen molar-refractivity contribution in [1.29, 1.82) is 0 Å². The highest BCUT2D eigenvalue weighted by Crippen LogP contribution is 2.38. The summed E-state index contributed by atoms with van der Waals surface area (Å²) in [6.07, 6.45) is 2.64. The molecule has 2 heterocycles. The van der Waals surface area contributed by atoms with Gasteiger partial charge in [0.25, 0.3) is 5.56 Å². The van der Waals surface area contributed by atoms with Crippen molar-refractivity contribution in [3.8, 4) is 0 Å². The number of ether oxygens (including phenoxy) is 1. The van der Waals surface area contributed by atoms with Gasteiger partial charge >= 0.3 is 5.97 Å². The SMILES string of the molecule is Cc1ccc2nc(COC(=O)[C@H]3C[C@@H]3C)cc(=O)n2c1. The van der Waals surface area contributed by atoms with E-state index in [0.717, 1.165) is 12.0 Å². The smallest absolute Gasteiger partial charge is 0.309 e. The Morgan fingerprint density at radius 1 is 1.50 bits per heavy atom. The molecule has 0 unspecified atom stereocenters. The topological polar surface area (TPSA) is 60.7 Å². The first-order chi connectivity index (χ1) is 9.54. The van der Waals surface area contributed by atoms with Crippen LogP contribution in [0.3, 0.4) is 0 Å². The average molecular weight is 272 g/mol. The minimum absolute atomic E-state index is 0.0270. The molecule has 1 saturated carbocycles. The second kappa shape index (κ2) is 4.74. The Kier molecular flexibility index (Phi) is 3.04. The number of esters is 1. The summed E-state index contributed by atoms with van der Waals surface area (Å²) in [4.78, 5) is 28.0. The highest BCUT2D eigenvalue weighted by Gasteiger charge is 2.40. The number of fused-ring (bicyclic) bond motifs is 1. The molecule has 5 heteroatoms. The van der Waals surface area contributed by atoms with Gasteiger partial charge in [0.15, 0.2) is 0 Å². The molecule has 0 aliphatic heterocycles. The third-order valence-corrected chi connectivity index (χ3v) is 3.64. The van der Waals surface area contributed by atoms with Gasteiger partial charge in [0, 0.05) is 12.3 Å². The largest absolute Gasteiger partial charge is 0.459 e. The predicted molar refractivity (Wildman–Crippen MR) is 73.3 cm³/mol. The van der Waals surface area contributed by atoms with Crippen LogP contribution in [0.1, 0.15) is 24.6 Å². The van der Waals surface area contributed by atoms with Gasteiger partial charge in [0.05, 0.1) is 11.6 Å². The lowest BCUT2D eigenvalue weighted by Gasteiger charge is -2.06. The number of hydrogen-bond donors (Lipinski definition) is 0. The minimum atomic E-state index is -0.191. The van der Waals surface area contributed by atoms with Gasteiger partial charge in [0.2, 0.25) is 0 Å². The molecule has 3 rings (SSSR count). The molecule has 20 heavy (non-hydrogen) atoms. The van der Waals surface area contributed by atoms with Crippen LogP contribution in [-0.2, 0) is 16.1 Å². The van der Waals surface area contributed by atoms with Crippen molar-refractivity contribution < 1.29 is 9.53 Å². The Hall–Kier alpha value is -2.17. The average Bonchev–Trinajstić information content (AvgIpc) is 3.14. The van der Waals surface area contributed by atoms with E-state index >= 15 is 0 Å². The zero-order valence-corrected chi connectivity index (χ0v) is 11.5. The first-order valence-corrected chi connectivity index (χ1v) is 6.70. The number of aryl methyl sites for hydroxylation is 1. The Bertz CT molecular complexity index is 735. The van der Waals surface area contributed by atoms with E-state index in [2.05, 4.69) is 4.98 Å². The van der Waals surface area contributed by atoms with E-state index in [0.29, 0.717) is 17.3 Å². The molecule has 0 amide bonds. The number of pyridine rings is 1. The van der Waals surface area contributed by atoms with Crippen molar-refractivity contribution in [3.05, 3.63) is 46.0 Å². The zero-order chi connectivity index (χ0) is 14.3. The maximum Gasteiger partial charge on any atom is 0.309 e. The first-order valence-electron chi connectivity index (χ1n) is 6.70. The van der Waals surface area contributed by atoms with Gasteiger partial charge in [-0.3, -0.25) is 14.0 Å². The van der Waals surface area contributed by atoms with Gasteiger partial charge in [-0.05, 0) is 30.9 Å². The van der Waals surface area contributed by atoms with Gasteiger partial charge in [-0.1, -0.05) is 13.0 Å². The number of carbonyl (C=O) groups excluding carboxylic acids is 1. The zero-order valence-electron chi connectivity index (χ0n) is 11.5. The van der Waals surface area contributed by atoms with Gasteiger partial charge in [0.1, 0.15) is 12.3 Å². The molecule has 0 N–H and O–H groups in total. The summed E-state index contributed by atoms with van der Waals surface area (Å²) < 4.78 is 6.69. The fourth-order valence-electron chi connectivity index (χ4n) is 2.23. The predicted octanol–water partition coefficient (Wildman–Crippen LogP) is 1.70. The van der Waals surface area contributed by atoms with Crippen LogP contribution in [0.5, 0.6) is 0 Å². The summed E-state index contributed by atoms with van der Waals surface area (Å²) in [5, 5.41) is 0. The summed E-state index contributed by atoms with van der Waals surface area (Å²) in [5.41, 5.74) is 1.88. The molecule has 2 aromatic rings. The van der Waals surface area contributed by atoms with Crippen molar-refractivity contribution in [2.45, 2.75) is 26.9 Å². The van der Waals surface area contributed by atoms with Crippen LogP contribution in [0, 0.1) is 18.8 Å². The Morgan fingerprint density at radius 3 is 2.95 bits per heavy atom. The molecule has 0 radical (unpaired) electrons. The van der Waals surface area contributed by atoms with Crippen molar-refractivity contribution in [3.63, 3.8) is 0 Å². The molecule has 0 saturated heterocycles. The van der Waals surface area contributed by atoms with E-state index in [-0.39, 0.29) is 24.1 Å². The van der Waals surface area contributed by atoms with Gasteiger partial charge < -0.3 is 4.74 Å². The summed E-state index contributed by atoms with van der Waals surface area (Å²) >= 11 is 0. The number of hydrogen-bond acceptors (Lipinski definition) is 4. The fraction of sp³-hybridized carbons (Fsp3) is 0.400. The number of carbonyl (C=O) groups is 1. The van der Waals surface area contributed by atoms with E-state index in [9.17, 15) is 9.59 Å². The molecular weight excluding hydrogens is 256 g/mol. The molecule has 1 aliphatic rings. The maximum atomic E-state index is 12.0. The third kappa shape index (κ3) is 2.43. The second-order valence-corrected chi connectivity index (χ2v) is 5.45. The van der Waals surface area contributed by atoms with Crippen molar-refractivity contribution in [1.82, 2.24) is 9.38 Å². The summed E-state index contributed by atoms with van der Waals surface area (Å²) in [6.45, 7) is 4.00. The molecule has 2 atom stereocenters. The van der Waals surface area contributed by atoms with Gasteiger partial charge in [-0.2, -0.15) is 0 Å². The van der Waals surface area contributed by atoms with Crippen LogP contribution in [0.15, 0.2) is 29.2 Å². The molecule has 104 valence electrons. The van der Waals surface area contributed by atoms with Gasteiger partial charge in [-0.15, -0.1) is 0 Å². The monoisotopic (exact) mass is 272 g/mol. The van der Waals surface area contributed by atoms with E-state index in [4.69, 9.17) is 4.74 Å². The van der Waals surface area contributed by atoms with Crippen LogP contribution >= 0.6 is 0 Å². The van der Waals surface area contributed by atoms with Crippen LogP contribution in [-0.4, -0.2) is 15.4 Å². The molecule has 0 bridgehead atoms. The highest BCUT2D eigenvalue weighted by molar-refractivity contribution is 5.75. The first kappa shape index (κ1) is 12.8. The minimum Gasteiger partial charge on any atom is -0.459 e. The standard InChI is InChI=1S/C15H16N2O3/c1-9-3-4-13-16-11(6-14(18)17(13)7-9)8-20-15(19)12-5-10(12)2/h3-4,6-7,10,12H,5,8H2,1-2H3/t10-,12-/m0/s1. The van der Waals surface area contributed by atoms with E-state index in [1.165, 1.54) is 10.5 Å². The highest BCUT2D eigenvalue weighted by atomic mass is 16.5. The molecule has 0 spiro atoms. The van der Waals surface area contributed by atoms with Crippen molar-refractivity contribution in [2.75, 3.05) is 0 Å². The number of nitrogens with zero attached hydrogens (tertiary/aromatic N) is 2. The van der Waals surface area contributed by atoms with E-state index in [1.54, 1.807) is 12.3 Å². The fourth-order valence-corrected chi connectivity index (χ4v) is 2.23. The van der Waals surface area contributed by atoms with E-state index in [1.807, 2.05) is 19.9 Å². The Balaban J connectivity index is 1.80. The normalized spacial score (nSPS) is 20.9. The number of rotatable bonds is 3. The van der Waals surface area contributed by atoms with Crippen LogP contribution in [0.2, 0.25) is 0 Å². The maximum absolute atomic E-state index is 12.0. The van der Waals surface area contributed by atoms with Crippen molar-refractivity contribution in [2.24, 2.45) is 11.8 Å². The third-order valence-electron chi connectivity index (χ3n) is 3.64. The van der Waals surface area contributed by atoms with Crippen molar-refractivity contribution >= 4 is 11.6 Å². The lowest BCUT2D eigenvalue weighted by Crippen LogP contribution is -2.17. The summed E-state index contributed by atoms with van der Waals surface area (Å²) in [6, 6.07) is 5.09. The molecule has 1 fully saturated rings. The quantitative estimate of drug-likeness (QED) is 0.798. The van der Waals surface area contributed by atoms with Crippen LogP contribution in [0.4, 0.5) is 0 Å². The molecular formula is C15H16N2O3. The lowest BCUT2D eigenvalue weighted by atomic mass is 10.3. The summed E-state index contributed by atoms with van der Waals surface area (Å²) in [5.74, 6) is 0.253. The molecule has 1 aliphatic carbocycles. The molecule has 5 nitrogen and oxygen atoms in total. The van der Waals surface area contributed by atoms with Crippen LogP contribution < -0.4 is 5.56 Å². The molecule has 2 aromatic heterocycles. The van der Waals surface area contributed by atoms with Crippen LogP contribution in [0.25, 0.3) is 5.65 Å². The lowest BCUT2D eigenvalue weighted by molar-refractivity contribution is -0.147. The van der Waals surface area contributed by atoms with Gasteiger partial charge in [-0.25, -0.2) is 4.98 Å². The molecule has 0 aromatic carbocycles. The summed E-state index contributed by atoms with van der Waals surface area (Å²) in [7, 11) is 0. The number of aromatic nitrogens is 2. The Morgan fingerprint density at radius 2 is 2.25 bits per heavy atom. The van der Waals surface area contributed by atoms with E-state index < -0.39 is 0 Å². The second-order valence-electron chi connectivity index (χ2n) is 5.45. The Labute approximate surface area is 116 Å².